The summed E-state index contributed by atoms with van der Waals surface area (Å²) in [5.74, 6) is 0. The summed E-state index contributed by atoms with van der Waals surface area (Å²) in [5.41, 5.74) is 0.245. The molecule has 52 valence electrons. The highest BCUT2D eigenvalue weighted by Gasteiger charge is 2.28. The number of ether oxygens (including phenoxy) is 1. The Hall–Kier alpha value is 0.0249. The molecule has 0 heterocycles. The summed E-state index contributed by atoms with van der Waals surface area (Å²) in [6.45, 7) is 3.10. The zero-order chi connectivity index (χ0) is 6.74. The standard InChI is InChI=1S/C7H15BO/c1-7(9-6-8)4-2-3-5-7/h2-6,8H2,1H3. The molecule has 0 aromatic heterocycles. The molecule has 0 aromatic rings. The highest BCUT2D eigenvalue weighted by molar-refractivity contribution is 6.08. The third-order valence-electron chi connectivity index (χ3n) is 2.15. The highest BCUT2D eigenvalue weighted by Crippen LogP contribution is 2.31. The maximum atomic E-state index is 5.59. The van der Waals surface area contributed by atoms with Crippen molar-refractivity contribution in [3.05, 3.63) is 0 Å². The summed E-state index contributed by atoms with van der Waals surface area (Å²) in [4.78, 5) is 0. The van der Waals surface area contributed by atoms with E-state index >= 15 is 0 Å². The summed E-state index contributed by atoms with van der Waals surface area (Å²) in [6.07, 6.45) is 5.24. The fourth-order valence-electron chi connectivity index (χ4n) is 1.62. The van der Waals surface area contributed by atoms with E-state index in [-0.39, 0.29) is 5.60 Å². The quantitative estimate of drug-likeness (QED) is 0.500. The van der Waals surface area contributed by atoms with E-state index in [1.54, 1.807) is 0 Å². The second-order valence-corrected chi connectivity index (χ2v) is 3.09. The van der Waals surface area contributed by atoms with E-state index in [0.29, 0.717) is 0 Å². The monoisotopic (exact) mass is 126 g/mol. The summed E-state index contributed by atoms with van der Waals surface area (Å²) in [6, 6.07) is 0. The zero-order valence-corrected chi connectivity index (χ0v) is 6.44. The first-order valence-corrected chi connectivity index (χ1v) is 3.91. The van der Waals surface area contributed by atoms with Gasteiger partial charge in [-0.15, -0.1) is 0 Å². The van der Waals surface area contributed by atoms with E-state index in [2.05, 4.69) is 14.8 Å². The van der Waals surface area contributed by atoms with Crippen molar-refractivity contribution in [3.8, 4) is 0 Å². The third kappa shape index (κ3) is 1.72. The van der Waals surface area contributed by atoms with E-state index in [1.807, 2.05) is 0 Å². The lowest BCUT2D eigenvalue weighted by Crippen LogP contribution is -2.24. The first-order chi connectivity index (χ1) is 4.27. The second kappa shape index (κ2) is 2.74. The van der Waals surface area contributed by atoms with Gasteiger partial charge >= 0.3 is 0 Å². The van der Waals surface area contributed by atoms with Crippen molar-refractivity contribution in [1.82, 2.24) is 0 Å². The Labute approximate surface area is 58.2 Å². The molecule has 1 saturated carbocycles. The maximum Gasteiger partial charge on any atom is 0.135 e. The molecular formula is C7H15BO. The summed E-state index contributed by atoms with van der Waals surface area (Å²) >= 11 is 0. The van der Waals surface area contributed by atoms with E-state index in [4.69, 9.17) is 4.74 Å². The van der Waals surface area contributed by atoms with Crippen LogP contribution in [0.5, 0.6) is 0 Å². The molecule has 0 unspecified atom stereocenters. The fourth-order valence-corrected chi connectivity index (χ4v) is 1.62. The van der Waals surface area contributed by atoms with Crippen LogP contribution >= 0.6 is 0 Å². The minimum absolute atomic E-state index is 0.245. The molecule has 1 aliphatic rings. The predicted molar refractivity (Wildman–Crippen MR) is 41.4 cm³/mol. The number of hydrogen-bond acceptors (Lipinski definition) is 1. The van der Waals surface area contributed by atoms with Crippen molar-refractivity contribution in [2.24, 2.45) is 0 Å². The van der Waals surface area contributed by atoms with Gasteiger partial charge in [0.2, 0.25) is 0 Å². The van der Waals surface area contributed by atoms with Crippen molar-refractivity contribution in [2.45, 2.75) is 38.2 Å². The van der Waals surface area contributed by atoms with Gasteiger partial charge < -0.3 is 4.74 Å². The molecule has 1 nitrogen and oxygen atoms in total. The van der Waals surface area contributed by atoms with Crippen LogP contribution in [-0.2, 0) is 4.74 Å². The lowest BCUT2D eigenvalue weighted by atomic mass is 10.0. The van der Waals surface area contributed by atoms with E-state index in [1.165, 1.54) is 25.7 Å². The molecule has 0 aliphatic heterocycles. The second-order valence-electron chi connectivity index (χ2n) is 3.09. The third-order valence-corrected chi connectivity index (χ3v) is 2.15. The van der Waals surface area contributed by atoms with Crippen LogP contribution in [-0.4, -0.2) is 20.0 Å². The van der Waals surface area contributed by atoms with Crippen LogP contribution < -0.4 is 0 Å². The first-order valence-electron chi connectivity index (χ1n) is 3.91. The Morgan fingerprint density at radius 3 is 2.44 bits per heavy atom. The van der Waals surface area contributed by atoms with E-state index in [9.17, 15) is 0 Å². The maximum absolute atomic E-state index is 5.59. The van der Waals surface area contributed by atoms with Crippen LogP contribution in [0.1, 0.15) is 32.6 Å². The van der Waals surface area contributed by atoms with Crippen LogP contribution in [0, 0.1) is 0 Å². The van der Waals surface area contributed by atoms with Gasteiger partial charge in [-0.05, 0) is 19.8 Å². The molecule has 0 saturated heterocycles. The molecule has 0 radical (unpaired) electrons. The van der Waals surface area contributed by atoms with Crippen LogP contribution in [0.4, 0.5) is 0 Å². The number of hydrogen-bond donors (Lipinski definition) is 0. The summed E-state index contributed by atoms with van der Waals surface area (Å²) < 4.78 is 5.59. The average molecular weight is 126 g/mol. The van der Waals surface area contributed by atoms with Crippen molar-refractivity contribution in [3.63, 3.8) is 0 Å². The largest absolute Gasteiger partial charge is 0.384 e. The van der Waals surface area contributed by atoms with Gasteiger partial charge in [0.1, 0.15) is 7.85 Å². The summed E-state index contributed by atoms with van der Waals surface area (Å²) in [7, 11) is 2.07. The lowest BCUT2D eigenvalue weighted by molar-refractivity contribution is -0.0000330. The van der Waals surface area contributed by atoms with Gasteiger partial charge in [-0.1, -0.05) is 12.8 Å². The molecule has 1 aliphatic carbocycles. The molecule has 2 heteroatoms. The summed E-state index contributed by atoms with van der Waals surface area (Å²) in [5, 5.41) is 0. The van der Waals surface area contributed by atoms with Gasteiger partial charge in [0.25, 0.3) is 0 Å². The van der Waals surface area contributed by atoms with Gasteiger partial charge in [0, 0.05) is 6.51 Å². The van der Waals surface area contributed by atoms with Crippen LogP contribution in [0.2, 0.25) is 0 Å². The smallest absolute Gasteiger partial charge is 0.135 e. The average Bonchev–Trinajstić information content (AvgIpc) is 2.16. The van der Waals surface area contributed by atoms with Crippen molar-refractivity contribution < 1.29 is 4.74 Å². The first kappa shape index (κ1) is 7.14. The fraction of sp³-hybridized carbons (Fsp3) is 1.00. The minimum atomic E-state index is 0.245. The molecule has 0 N–H and O–H groups in total. The highest BCUT2D eigenvalue weighted by atomic mass is 16.5. The van der Waals surface area contributed by atoms with E-state index in [0.717, 1.165) is 6.51 Å². The van der Waals surface area contributed by atoms with Gasteiger partial charge in [0.05, 0.1) is 5.60 Å². The van der Waals surface area contributed by atoms with Gasteiger partial charge in [-0.25, -0.2) is 0 Å². The van der Waals surface area contributed by atoms with Crippen molar-refractivity contribution in [1.29, 1.82) is 0 Å². The molecule has 1 rings (SSSR count). The normalized spacial score (nSPS) is 24.6. The van der Waals surface area contributed by atoms with Gasteiger partial charge in [0.15, 0.2) is 0 Å². The topological polar surface area (TPSA) is 9.23 Å². The van der Waals surface area contributed by atoms with Crippen LogP contribution in [0.25, 0.3) is 0 Å². The molecule has 0 aromatic carbocycles. The molecule has 9 heavy (non-hydrogen) atoms. The molecule has 0 amide bonds. The van der Waals surface area contributed by atoms with Crippen molar-refractivity contribution in [2.75, 3.05) is 6.51 Å². The Morgan fingerprint density at radius 2 is 2.00 bits per heavy atom. The Balaban J connectivity index is 2.32. The SMILES string of the molecule is BCOC1(C)CCCC1. The molecule has 0 spiro atoms. The minimum Gasteiger partial charge on any atom is -0.384 e. The molecule has 0 bridgehead atoms. The molecule has 0 atom stereocenters. The number of rotatable bonds is 2. The van der Waals surface area contributed by atoms with Crippen LogP contribution in [0.15, 0.2) is 0 Å². The Kier molecular flexibility index (Phi) is 2.17. The Morgan fingerprint density at radius 1 is 1.44 bits per heavy atom. The van der Waals surface area contributed by atoms with Gasteiger partial charge in [-0.3, -0.25) is 0 Å². The van der Waals surface area contributed by atoms with Crippen molar-refractivity contribution >= 4 is 7.85 Å². The molecule has 1 fully saturated rings. The van der Waals surface area contributed by atoms with Gasteiger partial charge in [-0.2, -0.15) is 0 Å². The lowest BCUT2D eigenvalue weighted by Gasteiger charge is -2.22. The Bertz CT molecular complexity index is 86.9. The van der Waals surface area contributed by atoms with Crippen LogP contribution in [0.3, 0.4) is 0 Å². The predicted octanol–water partition coefficient (Wildman–Crippen LogP) is 0.926. The van der Waals surface area contributed by atoms with E-state index < -0.39 is 0 Å². The molecular weight excluding hydrogens is 111 g/mol. The zero-order valence-electron chi connectivity index (χ0n) is 6.44.